The van der Waals surface area contributed by atoms with E-state index in [1.807, 2.05) is 27.7 Å². The van der Waals surface area contributed by atoms with Crippen molar-refractivity contribution >= 4 is 6.09 Å². The SMILES string of the molecule is [C-]#[N+]C=C1CCN(C(=O)OC(C)(C)C)CC1C. The van der Waals surface area contributed by atoms with Gasteiger partial charge in [0.25, 0.3) is 0 Å². The van der Waals surface area contributed by atoms with Crippen LogP contribution in [0.3, 0.4) is 0 Å². The monoisotopic (exact) mass is 236 g/mol. The molecular weight excluding hydrogens is 216 g/mol. The Hall–Kier alpha value is -1.50. The van der Waals surface area contributed by atoms with Gasteiger partial charge in [-0.25, -0.2) is 9.64 Å². The summed E-state index contributed by atoms with van der Waals surface area (Å²) in [5.41, 5.74) is 0.673. The van der Waals surface area contributed by atoms with Crippen molar-refractivity contribution in [2.75, 3.05) is 13.1 Å². The van der Waals surface area contributed by atoms with E-state index in [2.05, 4.69) is 4.85 Å². The van der Waals surface area contributed by atoms with Crippen LogP contribution in [-0.4, -0.2) is 29.7 Å². The van der Waals surface area contributed by atoms with Crippen LogP contribution in [0, 0.1) is 12.5 Å². The lowest BCUT2D eigenvalue weighted by Crippen LogP contribution is -2.43. The highest BCUT2D eigenvalue weighted by atomic mass is 16.6. The largest absolute Gasteiger partial charge is 0.444 e. The van der Waals surface area contributed by atoms with Crippen LogP contribution in [0.1, 0.15) is 34.1 Å². The maximum absolute atomic E-state index is 11.8. The van der Waals surface area contributed by atoms with Crippen LogP contribution in [0.15, 0.2) is 11.8 Å². The van der Waals surface area contributed by atoms with Crippen molar-refractivity contribution < 1.29 is 9.53 Å². The third-order valence-electron chi connectivity index (χ3n) is 2.68. The van der Waals surface area contributed by atoms with Gasteiger partial charge in [-0.2, -0.15) is 0 Å². The van der Waals surface area contributed by atoms with Crippen LogP contribution in [0.5, 0.6) is 0 Å². The maximum atomic E-state index is 11.8. The Balaban J connectivity index is 2.59. The number of hydrogen-bond acceptors (Lipinski definition) is 2. The molecule has 1 aliphatic heterocycles. The van der Waals surface area contributed by atoms with E-state index in [1.165, 1.54) is 0 Å². The number of carbonyl (C=O) groups is 1. The van der Waals surface area contributed by atoms with Crippen LogP contribution in [-0.2, 0) is 4.74 Å². The van der Waals surface area contributed by atoms with Crippen molar-refractivity contribution in [1.82, 2.24) is 4.90 Å². The van der Waals surface area contributed by atoms with Crippen LogP contribution in [0.2, 0.25) is 0 Å². The lowest BCUT2D eigenvalue weighted by molar-refractivity contribution is 0.0208. The fourth-order valence-electron chi connectivity index (χ4n) is 1.82. The number of carbonyl (C=O) groups excluding carboxylic acids is 1. The van der Waals surface area contributed by atoms with Gasteiger partial charge in [-0.05, 0) is 33.1 Å². The summed E-state index contributed by atoms with van der Waals surface area (Å²) < 4.78 is 5.33. The molecule has 1 fully saturated rings. The van der Waals surface area contributed by atoms with E-state index < -0.39 is 5.60 Å². The normalized spacial score (nSPS) is 23.4. The Morgan fingerprint density at radius 2 is 2.24 bits per heavy atom. The zero-order valence-electron chi connectivity index (χ0n) is 11.0. The van der Waals surface area contributed by atoms with Gasteiger partial charge in [-0.3, -0.25) is 0 Å². The van der Waals surface area contributed by atoms with Crippen LogP contribution in [0.25, 0.3) is 4.85 Å². The van der Waals surface area contributed by atoms with E-state index in [0.717, 1.165) is 12.0 Å². The molecule has 4 heteroatoms. The third kappa shape index (κ3) is 4.10. The molecule has 0 saturated carbocycles. The number of hydrogen-bond donors (Lipinski definition) is 0. The highest BCUT2D eigenvalue weighted by Crippen LogP contribution is 2.23. The Kier molecular flexibility index (Phi) is 4.17. The Bertz CT molecular complexity index is 361. The first kappa shape index (κ1) is 13.6. The minimum absolute atomic E-state index is 0.241. The second-order valence-electron chi connectivity index (χ2n) is 5.41. The van der Waals surface area contributed by atoms with Gasteiger partial charge < -0.3 is 9.64 Å². The second-order valence-corrected chi connectivity index (χ2v) is 5.41. The second kappa shape index (κ2) is 5.22. The molecular formula is C13H20N2O2. The summed E-state index contributed by atoms with van der Waals surface area (Å²) in [5.74, 6) is 0.241. The molecule has 1 atom stereocenters. The quantitative estimate of drug-likeness (QED) is 0.606. The number of amides is 1. The van der Waals surface area contributed by atoms with Crippen molar-refractivity contribution in [2.24, 2.45) is 5.92 Å². The number of nitrogens with zero attached hydrogens (tertiary/aromatic N) is 2. The first-order valence-electron chi connectivity index (χ1n) is 5.87. The fourth-order valence-corrected chi connectivity index (χ4v) is 1.82. The molecule has 94 valence electrons. The Labute approximate surface area is 103 Å². The molecule has 0 bridgehead atoms. The summed E-state index contributed by atoms with van der Waals surface area (Å²) in [6, 6.07) is 0. The fraction of sp³-hybridized carbons (Fsp3) is 0.692. The summed E-state index contributed by atoms with van der Waals surface area (Å²) in [5, 5.41) is 0. The first-order chi connectivity index (χ1) is 7.83. The highest BCUT2D eigenvalue weighted by molar-refractivity contribution is 5.68. The van der Waals surface area contributed by atoms with Crippen LogP contribution >= 0.6 is 0 Å². The van der Waals surface area contributed by atoms with Gasteiger partial charge in [0.15, 0.2) is 6.20 Å². The van der Waals surface area contributed by atoms with Gasteiger partial charge in [0, 0.05) is 13.1 Å². The maximum Gasteiger partial charge on any atom is 0.410 e. The van der Waals surface area contributed by atoms with Crippen molar-refractivity contribution in [3.05, 3.63) is 23.2 Å². The molecule has 0 radical (unpaired) electrons. The molecule has 0 N–H and O–H groups in total. The summed E-state index contributed by atoms with van der Waals surface area (Å²) in [6.45, 7) is 15.7. The predicted octanol–water partition coefficient (Wildman–Crippen LogP) is 3.07. The summed E-state index contributed by atoms with van der Waals surface area (Å²) in [6.07, 6.45) is 2.09. The first-order valence-corrected chi connectivity index (χ1v) is 5.87. The molecule has 1 unspecified atom stereocenters. The van der Waals surface area contributed by atoms with E-state index in [4.69, 9.17) is 11.3 Å². The lowest BCUT2D eigenvalue weighted by atomic mass is 9.94. The van der Waals surface area contributed by atoms with Crippen LogP contribution < -0.4 is 0 Å². The van der Waals surface area contributed by atoms with E-state index in [9.17, 15) is 4.79 Å². The average molecular weight is 236 g/mol. The number of rotatable bonds is 0. The molecule has 0 aromatic rings. The molecule has 1 rings (SSSR count). The van der Waals surface area contributed by atoms with Crippen molar-refractivity contribution in [1.29, 1.82) is 0 Å². The van der Waals surface area contributed by atoms with Crippen LogP contribution in [0.4, 0.5) is 4.79 Å². The number of piperidine rings is 1. The molecule has 0 aromatic heterocycles. The average Bonchev–Trinajstić information content (AvgIpc) is 2.18. The lowest BCUT2D eigenvalue weighted by Gasteiger charge is -2.34. The van der Waals surface area contributed by atoms with E-state index >= 15 is 0 Å². The van der Waals surface area contributed by atoms with Crippen molar-refractivity contribution in [2.45, 2.75) is 39.7 Å². The van der Waals surface area contributed by atoms with Gasteiger partial charge in [-0.1, -0.05) is 12.5 Å². The standard InChI is InChI=1S/C13H20N2O2/c1-10-9-15(7-6-11(10)8-14-5)12(16)17-13(2,3)4/h8,10H,6-7,9H2,1-4H3. The predicted molar refractivity (Wildman–Crippen MR) is 66.3 cm³/mol. The van der Waals surface area contributed by atoms with Crippen molar-refractivity contribution in [3.63, 3.8) is 0 Å². The van der Waals surface area contributed by atoms with Gasteiger partial charge in [-0.15, -0.1) is 0 Å². The molecule has 1 aliphatic rings. The highest BCUT2D eigenvalue weighted by Gasteiger charge is 2.27. The minimum atomic E-state index is -0.451. The summed E-state index contributed by atoms with van der Waals surface area (Å²) >= 11 is 0. The molecule has 1 saturated heterocycles. The van der Waals surface area contributed by atoms with Crippen molar-refractivity contribution in [3.8, 4) is 0 Å². The zero-order chi connectivity index (χ0) is 13.1. The van der Waals surface area contributed by atoms with E-state index in [-0.39, 0.29) is 12.0 Å². The molecule has 1 heterocycles. The molecule has 17 heavy (non-hydrogen) atoms. The number of ether oxygens (including phenoxy) is 1. The Morgan fingerprint density at radius 3 is 2.71 bits per heavy atom. The molecule has 0 aliphatic carbocycles. The zero-order valence-corrected chi connectivity index (χ0v) is 11.0. The van der Waals surface area contributed by atoms with Gasteiger partial charge in [0.1, 0.15) is 5.60 Å². The van der Waals surface area contributed by atoms with Gasteiger partial charge in [0.2, 0.25) is 0 Å². The van der Waals surface area contributed by atoms with E-state index in [1.54, 1.807) is 11.1 Å². The molecule has 0 aromatic carbocycles. The van der Waals surface area contributed by atoms with Gasteiger partial charge in [0.05, 0.1) is 6.57 Å². The smallest absolute Gasteiger partial charge is 0.410 e. The van der Waals surface area contributed by atoms with Gasteiger partial charge >= 0.3 is 6.09 Å². The molecule has 4 nitrogen and oxygen atoms in total. The Morgan fingerprint density at radius 1 is 1.59 bits per heavy atom. The topological polar surface area (TPSA) is 33.9 Å². The van der Waals surface area contributed by atoms with E-state index in [0.29, 0.717) is 13.1 Å². The number of likely N-dealkylation sites (tertiary alicyclic amines) is 1. The third-order valence-corrected chi connectivity index (χ3v) is 2.68. The summed E-state index contributed by atoms with van der Waals surface area (Å²) in [7, 11) is 0. The molecule has 0 spiro atoms. The molecule has 1 amide bonds. The summed E-state index contributed by atoms with van der Waals surface area (Å²) in [4.78, 5) is 16.9. The minimum Gasteiger partial charge on any atom is -0.444 e.